The molecule has 0 aromatic carbocycles. The van der Waals surface area contributed by atoms with E-state index in [0.29, 0.717) is 6.54 Å². The van der Waals surface area contributed by atoms with Gasteiger partial charge in [0.1, 0.15) is 12.2 Å². The number of aliphatic hydroxyl groups is 3. The Morgan fingerprint density at radius 2 is 1.94 bits per heavy atom. The fourth-order valence-corrected chi connectivity index (χ4v) is 1.90. The summed E-state index contributed by atoms with van der Waals surface area (Å²) in [7, 11) is 0. The van der Waals surface area contributed by atoms with Crippen molar-refractivity contribution < 1.29 is 20.1 Å². The smallest absolute Gasteiger partial charge is 0.254 e. The van der Waals surface area contributed by atoms with Crippen LogP contribution in [-0.4, -0.2) is 57.5 Å². The molecule has 1 rings (SSSR count). The van der Waals surface area contributed by atoms with Gasteiger partial charge in [0.25, 0.3) is 5.91 Å². The quantitative estimate of drug-likeness (QED) is 0.557. The first kappa shape index (κ1) is 13.4. The number of rotatable bonds is 5. The molecule has 1 fully saturated rings. The number of likely N-dealkylation sites (tertiary alicyclic amines) is 1. The molecule has 0 aromatic heterocycles. The highest BCUT2D eigenvalue weighted by molar-refractivity contribution is 5.82. The molecule has 0 saturated carbocycles. The van der Waals surface area contributed by atoms with Crippen molar-refractivity contribution in [2.45, 2.75) is 50.9 Å². The Bertz CT molecular complexity index is 234. The molecule has 94 valence electrons. The first-order chi connectivity index (χ1) is 7.57. The first-order valence-electron chi connectivity index (χ1n) is 5.91. The largest absolute Gasteiger partial charge is 0.388 e. The summed E-state index contributed by atoms with van der Waals surface area (Å²) in [5.41, 5.74) is 0. The van der Waals surface area contributed by atoms with E-state index in [4.69, 9.17) is 0 Å². The lowest BCUT2D eigenvalue weighted by atomic mass is 10.0. The average molecular weight is 231 g/mol. The molecule has 3 N–H and O–H groups in total. The maximum Gasteiger partial charge on any atom is 0.254 e. The summed E-state index contributed by atoms with van der Waals surface area (Å²) in [6.07, 6.45) is 0.283. The molecule has 0 radical (unpaired) electrons. The van der Waals surface area contributed by atoms with E-state index in [1.54, 1.807) is 0 Å². The Morgan fingerprint density at radius 1 is 1.25 bits per heavy atom. The number of piperidine rings is 1. The van der Waals surface area contributed by atoms with E-state index in [1.807, 2.05) is 0 Å². The standard InChI is InChI=1S/C11H21NO4/c1-2-3-4-5-6-12-7-8(13)9(14)10(15)11(12)16/h8-10,13-15H,2-7H2,1H3/t8-,9-,10-/m1/s1. The molecule has 1 amide bonds. The number of carbonyl (C=O) groups excluding carboxylic acids is 1. The van der Waals surface area contributed by atoms with Crippen LogP contribution < -0.4 is 0 Å². The highest BCUT2D eigenvalue weighted by atomic mass is 16.4. The van der Waals surface area contributed by atoms with Crippen LogP contribution in [0.1, 0.15) is 32.6 Å². The van der Waals surface area contributed by atoms with Crippen molar-refractivity contribution in [1.29, 1.82) is 0 Å². The Hall–Kier alpha value is -0.650. The number of carbonyl (C=O) groups is 1. The molecule has 1 saturated heterocycles. The van der Waals surface area contributed by atoms with E-state index in [-0.39, 0.29) is 6.54 Å². The summed E-state index contributed by atoms with van der Waals surface area (Å²) >= 11 is 0. The number of nitrogens with zero attached hydrogens (tertiary/aromatic N) is 1. The lowest BCUT2D eigenvalue weighted by molar-refractivity contribution is -0.165. The fraction of sp³-hybridized carbons (Fsp3) is 0.909. The second kappa shape index (κ2) is 6.18. The van der Waals surface area contributed by atoms with E-state index < -0.39 is 24.2 Å². The van der Waals surface area contributed by atoms with Crippen molar-refractivity contribution >= 4 is 5.91 Å². The zero-order valence-corrected chi connectivity index (χ0v) is 9.67. The number of aliphatic hydroxyl groups excluding tert-OH is 3. The van der Waals surface area contributed by atoms with Crippen LogP contribution >= 0.6 is 0 Å². The predicted molar refractivity (Wildman–Crippen MR) is 58.7 cm³/mol. The monoisotopic (exact) mass is 231 g/mol. The molecule has 0 spiro atoms. The van der Waals surface area contributed by atoms with Gasteiger partial charge in [0.15, 0.2) is 6.10 Å². The fourth-order valence-electron chi connectivity index (χ4n) is 1.90. The van der Waals surface area contributed by atoms with E-state index >= 15 is 0 Å². The first-order valence-corrected chi connectivity index (χ1v) is 5.91. The minimum absolute atomic E-state index is 0.114. The summed E-state index contributed by atoms with van der Waals surface area (Å²) < 4.78 is 0. The van der Waals surface area contributed by atoms with Crippen molar-refractivity contribution in [3.05, 3.63) is 0 Å². The molecule has 5 heteroatoms. The summed E-state index contributed by atoms with van der Waals surface area (Å²) in [4.78, 5) is 13.0. The Labute approximate surface area is 95.7 Å². The van der Waals surface area contributed by atoms with Crippen molar-refractivity contribution in [2.24, 2.45) is 0 Å². The summed E-state index contributed by atoms with van der Waals surface area (Å²) in [6.45, 7) is 2.76. The second-order valence-corrected chi connectivity index (χ2v) is 4.35. The molecule has 1 aliphatic heterocycles. The Morgan fingerprint density at radius 3 is 2.56 bits per heavy atom. The maximum atomic E-state index is 11.5. The maximum absolute atomic E-state index is 11.5. The summed E-state index contributed by atoms with van der Waals surface area (Å²) in [5.74, 6) is -0.478. The van der Waals surface area contributed by atoms with Crippen LogP contribution in [0, 0.1) is 0 Å². The van der Waals surface area contributed by atoms with Gasteiger partial charge in [0.05, 0.1) is 0 Å². The van der Waals surface area contributed by atoms with Gasteiger partial charge in [-0.2, -0.15) is 0 Å². The van der Waals surface area contributed by atoms with Gasteiger partial charge in [-0.1, -0.05) is 26.2 Å². The zero-order valence-electron chi connectivity index (χ0n) is 9.67. The molecule has 16 heavy (non-hydrogen) atoms. The number of amides is 1. The van der Waals surface area contributed by atoms with Crippen LogP contribution in [0.2, 0.25) is 0 Å². The molecule has 1 aliphatic rings. The lowest BCUT2D eigenvalue weighted by Gasteiger charge is -2.36. The minimum atomic E-state index is -1.48. The van der Waals surface area contributed by atoms with E-state index in [0.717, 1.165) is 25.7 Å². The average Bonchev–Trinajstić information content (AvgIpc) is 2.28. The van der Waals surface area contributed by atoms with Crippen LogP contribution in [0.5, 0.6) is 0 Å². The van der Waals surface area contributed by atoms with Crippen LogP contribution in [0.4, 0.5) is 0 Å². The SMILES string of the molecule is CCCCCCN1C[C@@H](O)[C@@H](O)[C@@H](O)C1=O. The molecular weight excluding hydrogens is 210 g/mol. The lowest BCUT2D eigenvalue weighted by Crippen LogP contribution is -2.58. The third kappa shape index (κ3) is 3.17. The van der Waals surface area contributed by atoms with Gasteiger partial charge in [-0.05, 0) is 6.42 Å². The molecule has 0 bridgehead atoms. The van der Waals surface area contributed by atoms with Gasteiger partial charge >= 0.3 is 0 Å². The number of β-amino-alcohol motifs (C(OH)–C–C–N with tert-alkyl or cyclic N) is 1. The van der Waals surface area contributed by atoms with E-state index in [1.165, 1.54) is 4.90 Å². The third-order valence-electron chi connectivity index (χ3n) is 2.97. The zero-order chi connectivity index (χ0) is 12.1. The molecule has 0 aliphatic carbocycles. The predicted octanol–water partition coefficient (Wildman–Crippen LogP) is -0.508. The van der Waals surface area contributed by atoms with E-state index in [2.05, 4.69) is 6.92 Å². The topological polar surface area (TPSA) is 81.0 Å². The van der Waals surface area contributed by atoms with Gasteiger partial charge in [0.2, 0.25) is 0 Å². The van der Waals surface area contributed by atoms with Crippen LogP contribution in [0.15, 0.2) is 0 Å². The number of unbranched alkanes of at least 4 members (excludes halogenated alkanes) is 3. The molecule has 3 atom stereocenters. The van der Waals surface area contributed by atoms with Crippen molar-refractivity contribution in [3.8, 4) is 0 Å². The second-order valence-electron chi connectivity index (χ2n) is 4.35. The summed E-state index contributed by atoms with van der Waals surface area (Å²) in [5, 5.41) is 28.1. The van der Waals surface area contributed by atoms with Gasteiger partial charge in [-0.3, -0.25) is 4.79 Å². The highest BCUT2D eigenvalue weighted by Crippen LogP contribution is 2.14. The van der Waals surface area contributed by atoms with Gasteiger partial charge in [-0.15, -0.1) is 0 Å². The number of hydrogen-bond acceptors (Lipinski definition) is 4. The van der Waals surface area contributed by atoms with Crippen molar-refractivity contribution in [1.82, 2.24) is 4.90 Å². The normalized spacial score (nSPS) is 30.9. The van der Waals surface area contributed by atoms with E-state index in [9.17, 15) is 20.1 Å². The Balaban J connectivity index is 2.39. The number of hydrogen-bond donors (Lipinski definition) is 3. The van der Waals surface area contributed by atoms with Crippen LogP contribution in [0.25, 0.3) is 0 Å². The molecule has 0 unspecified atom stereocenters. The molecule has 1 heterocycles. The highest BCUT2D eigenvalue weighted by Gasteiger charge is 2.39. The van der Waals surface area contributed by atoms with Gasteiger partial charge in [0, 0.05) is 13.1 Å². The third-order valence-corrected chi connectivity index (χ3v) is 2.97. The summed E-state index contributed by atoms with van der Waals surface area (Å²) in [6, 6.07) is 0. The van der Waals surface area contributed by atoms with Crippen LogP contribution in [0.3, 0.4) is 0 Å². The van der Waals surface area contributed by atoms with Gasteiger partial charge < -0.3 is 20.2 Å². The minimum Gasteiger partial charge on any atom is -0.388 e. The molecule has 0 aromatic rings. The molecule has 5 nitrogen and oxygen atoms in total. The van der Waals surface area contributed by atoms with Gasteiger partial charge in [-0.25, -0.2) is 0 Å². The van der Waals surface area contributed by atoms with Crippen molar-refractivity contribution in [2.75, 3.05) is 13.1 Å². The van der Waals surface area contributed by atoms with Crippen LogP contribution in [-0.2, 0) is 4.79 Å². The Kier molecular flexibility index (Phi) is 5.18. The molecular formula is C11H21NO4. The van der Waals surface area contributed by atoms with Crippen molar-refractivity contribution in [3.63, 3.8) is 0 Å².